The fourth-order valence-corrected chi connectivity index (χ4v) is 2.58. The predicted molar refractivity (Wildman–Crippen MR) is 57.2 cm³/mol. The zero-order valence-corrected chi connectivity index (χ0v) is 10.3. The largest absolute Gasteiger partial charge is 0.469 e. The van der Waals surface area contributed by atoms with Crippen molar-refractivity contribution in [2.45, 2.75) is 44.0 Å². The van der Waals surface area contributed by atoms with Gasteiger partial charge in [0.2, 0.25) is 6.08 Å². The van der Waals surface area contributed by atoms with Gasteiger partial charge in [-0.1, -0.05) is 0 Å². The number of methoxy groups -OCH3 is 1. The number of aliphatic imine (C=N–C) groups is 1. The molecule has 100 valence electrons. The summed E-state index contributed by atoms with van der Waals surface area (Å²) in [6.07, 6.45) is -1.12. The predicted octanol–water partition coefficient (Wildman–Crippen LogP) is -0.625. The van der Waals surface area contributed by atoms with Crippen LogP contribution in [0.25, 0.3) is 0 Å². The molecule has 0 radical (unpaired) electrons. The van der Waals surface area contributed by atoms with Crippen molar-refractivity contribution in [2.24, 2.45) is 10.9 Å². The molecule has 0 aromatic carbocycles. The second kappa shape index (κ2) is 4.44. The highest BCUT2D eigenvalue weighted by atomic mass is 16.8. The highest BCUT2D eigenvalue weighted by Crippen LogP contribution is 2.43. The van der Waals surface area contributed by atoms with Gasteiger partial charge in [0.25, 0.3) is 0 Å². The standard InChI is InChI=1S/C11H15NO6/c1-11(2)17-8-5(10(15)16-3)7(14)6(12-4-13)9(8)18-11/h5-9,14H,1-3H3/t5-,6+,7+,8+,9-/m0/s1. The first-order chi connectivity index (χ1) is 8.41. The minimum atomic E-state index is -1.18. The Morgan fingerprint density at radius 3 is 2.56 bits per heavy atom. The molecule has 0 bridgehead atoms. The number of hydrogen-bond donors (Lipinski definition) is 1. The number of fused-ring (bicyclic) bond motifs is 1. The molecule has 0 aromatic rings. The molecular formula is C11H15NO6. The second-order valence-electron chi connectivity index (χ2n) is 4.82. The van der Waals surface area contributed by atoms with E-state index >= 15 is 0 Å². The van der Waals surface area contributed by atoms with E-state index in [0.29, 0.717) is 0 Å². The molecule has 1 heterocycles. The Kier molecular flexibility index (Phi) is 3.25. The summed E-state index contributed by atoms with van der Waals surface area (Å²) in [7, 11) is 1.22. The summed E-state index contributed by atoms with van der Waals surface area (Å²) in [4.78, 5) is 25.6. The summed E-state index contributed by atoms with van der Waals surface area (Å²) in [6.45, 7) is 3.38. The molecule has 7 heteroatoms. The third-order valence-electron chi connectivity index (χ3n) is 3.25. The van der Waals surface area contributed by atoms with Gasteiger partial charge in [0.05, 0.1) is 13.2 Å². The van der Waals surface area contributed by atoms with Gasteiger partial charge in [0.15, 0.2) is 5.79 Å². The van der Waals surface area contributed by atoms with Crippen molar-refractivity contribution in [2.75, 3.05) is 7.11 Å². The van der Waals surface area contributed by atoms with E-state index in [9.17, 15) is 14.7 Å². The molecule has 1 saturated heterocycles. The molecule has 2 rings (SSSR count). The molecule has 0 unspecified atom stereocenters. The highest BCUT2D eigenvalue weighted by molar-refractivity contribution is 5.75. The number of nitrogens with zero attached hydrogens (tertiary/aromatic N) is 1. The number of isocyanates is 1. The van der Waals surface area contributed by atoms with Crippen molar-refractivity contribution < 1.29 is 28.9 Å². The topological polar surface area (TPSA) is 94.4 Å². The van der Waals surface area contributed by atoms with E-state index < -0.39 is 42.0 Å². The minimum Gasteiger partial charge on any atom is -0.469 e. The molecule has 7 nitrogen and oxygen atoms in total. The molecule has 0 amide bonds. The molecule has 0 aromatic heterocycles. The fraction of sp³-hybridized carbons (Fsp3) is 0.818. The summed E-state index contributed by atoms with van der Waals surface area (Å²) in [6, 6.07) is -0.863. The van der Waals surface area contributed by atoms with Gasteiger partial charge in [0, 0.05) is 0 Å². The zero-order chi connectivity index (χ0) is 13.5. The van der Waals surface area contributed by atoms with Crippen LogP contribution in [-0.2, 0) is 23.8 Å². The Labute approximate surface area is 104 Å². The van der Waals surface area contributed by atoms with Gasteiger partial charge in [-0.05, 0) is 13.8 Å². The minimum absolute atomic E-state index is 0.609. The van der Waals surface area contributed by atoms with E-state index in [-0.39, 0.29) is 0 Å². The van der Waals surface area contributed by atoms with E-state index in [4.69, 9.17) is 9.47 Å². The third kappa shape index (κ3) is 1.95. The maximum absolute atomic E-state index is 11.7. The second-order valence-corrected chi connectivity index (χ2v) is 4.82. The van der Waals surface area contributed by atoms with Gasteiger partial charge in [-0.3, -0.25) is 4.79 Å². The van der Waals surface area contributed by atoms with Gasteiger partial charge in [0.1, 0.15) is 24.2 Å². The lowest BCUT2D eigenvalue weighted by Crippen LogP contribution is -2.38. The number of aliphatic hydroxyl groups is 1. The van der Waals surface area contributed by atoms with Gasteiger partial charge in [-0.2, -0.15) is 4.99 Å². The Morgan fingerprint density at radius 2 is 2.00 bits per heavy atom. The van der Waals surface area contributed by atoms with Gasteiger partial charge in [-0.15, -0.1) is 0 Å². The lowest BCUT2D eigenvalue weighted by Gasteiger charge is -2.24. The molecule has 0 spiro atoms. The summed E-state index contributed by atoms with van der Waals surface area (Å²) < 4.78 is 15.8. The summed E-state index contributed by atoms with van der Waals surface area (Å²) in [5, 5.41) is 10.0. The quantitative estimate of drug-likeness (QED) is 0.402. The third-order valence-corrected chi connectivity index (χ3v) is 3.25. The van der Waals surface area contributed by atoms with Crippen molar-refractivity contribution in [3.05, 3.63) is 0 Å². The van der Waals surface area contributed by atoms with Crippen molar-refractivity contribution in [1.82, 2.24) is 0 Å². The number of carbonyl (C=O) groups is 1. The van der Waals surface area contributed by atoms with Crippen molar-refractivity contribution in [1.29, 1.82) is 0 Å². The monoisotopic (exact) mass is 257 g/mol. The number of carbonyl (C=O) groups excluding carboxylic acids is 2. The number of esters is 1. The molecule has 2 aliphatic rings. The summed E-state index contributed by atoms with van der Waals surface area (Å²) in [5.74, 6) is -2.41. The molecule has 18 heavy (non-hydrogen) atoms. The maximum atomic E-state index is 11.7. The van der Waals surface area contributed by atoms with E-state index in [1.807, 2.05) is 0 Å². The number of ether oxygens (including phenoxy) is 3. The number of rotatable bonds is 2. The first-order valence-corrected chi connectivity index (χ1v) is 5.60. The van der Waals surface area contributed by atoms with Crippen LogP contribution in [0.15, 0.2) is 4.99 Å². The molecule has 5 atom stereocenters. The van der Waals surface area contributed by atoms with Crippen LogP contribution in [0.5, 0.6) is 0 Å². The molecule has 1 aliphatic carbocycles. The van der Waals surface area contributed by atoms with Gasteiger partial charge in [-0.25, -0.2) is 4.79 Å². The van der Waals surface area contributed by atoms with Crippen molar-refractivity contribution in [3.8, 4) is 0 Å². The van der Waals surface area contributed by atoms with Crippen LogP contribution in [-0.4, -0.2) is 54.4 Å². The maximum Gasteiger partial charge on any atom is 0.314 e. The Hall–Kier alpha value is -1.27. The van der Waals surface area contributed by atoms with Crippen LogP contribution in [0.3, 0.4) is 0 Å². The van der Waals surface area contributed by atoms with Crippen molar-refractivity contribution >= 4 is 12.0 Å². The fourth-order valence-electron chi connectivity index (χ4n) is 2.58. The SMILES string of the molecule is COC(=O)[C@H]1[C@@H](O)[C@@H](N=C=O)[C@@H]2OC(C)(C)O[C@@H]21. The number of hydrogen-bond acceptors (Lipinski definition) is 7. The van der Waals surface area contributed by atoms with Gasteiger partial charge < -0.3 is 19.3 Å². The Morgan fingerprint density at radius 1 is 1.39 bits per heavy atom. The molecule has 1 aliphatic heterocycles. The van der Waals surface area contributed by atoms with Crippen LogP contribution >= 0.6 is 0 Å². The Balaban J connectivity index is 2.33. The average molecular weight is 257 g/mol. The van der Waals surface area contributed by atoms with Crippen molar-refractivity contribution in [3.63, 3.8) is 0 Å². The van der Waals surface area contributed by atoms with Gasteiger partial charge >= 0.3 is 5.97 Å². The lowest BCUT2D eigenvalue weighted by atomic mass is 10.0. The van der Waals surface area contributed by atoms with Crippen LogP contribution in [0.1, 0.15) is 13.8 Å². The van der Waals surface area contributed by atoms with Crippen LogP contribution in [0.2, 0.25) is 0 Å². The van der Waals surface area contributed by atoms with Crippen LogP contribution in [0.4, 0.5) is 0 Å². The first-order valence-electron chi connectivity index (χ1n) is 5.60. The van der Waals surface area contributed by atoms with E-state index in [2.05, 4.69) is 9.73 Å². The zero-order valence-electron chi connectivity index (χ0n) is 10.3. The Bertz CT molecular complexity index is 402. The smallest absolute Gasteiger partial charge is 0.314 e. The van der Waals surface area contributed by atoms with E-state index in [1.165, 1.54) is 13.2 Å². The number of aliphatic hydroxyl groups excluding tert-OH is 1. The molecule has 1 saturated carbocycles. The molecule has 1 N–H and O–H groups in total. The van der Waals surface area contributed by atoms with Crippen LogP contribution in [0, 0.1) is 5.92 Å². The van der Waals surface area contributed by atoms with E-state index in [1.54, 1.807) is 13.8 Å². The highest BCUT2D eigenvalue weighted by Gasteiger charge is 2.61. The summed E-state index contributed by atoms with van der Waals surface area (Å²) >= 11 is 0. The average Bonchev–Trinajstić information content (AvgIpc) is 2.71. The lowest BCUT2D eigenvalue weighted by molar-refractivity contribution is -0.176. The molecular weight excluding hydrogens is 242 g/mol. The first kappa shape index (κ1) is 13.2. The van der Waals surface area contributed by atoms with Crippen LogP contribution < -0.4 is 0 Å². The molecule has 2 fully saturated rings. The van der Waals surface area contributed by atoms with E-state index in [0.717, 1.165) is 0 Å². The summed E-state index contributed by atoms with van der Waals surface area (Å²) in [5.41, 5.74) is 0. The normalized spacial score (nSPS) is 41.0.